The van der Waals surface area contributed by atoms with Crippen molar-refractivity contribution in [3.8, 4) is 0 Å². The summed E-state index contributed by atoms with van der Waals surface area (Å²) in [7, 11) is 5.11. The van der Waals surface area contributed by atoms with E-state index in [-0.39, 0.29) is 5.82 Å². The van der Waals surface area contributed by atoms with Crippen LogP contribution in [-0.2, 0) is 20.4 Å². The normalized spacial score (nSPS) is 13.7. The molecule has 1 aliphatic rings. The number of rotatable bonds is 7. The highest BCUT2D eigenvalue weighted by Crippen LogP contribution is 2.33. The number of hydrogen-bond donors (Lipinski definition) is 1. The Morgan fingerprint density at radius 2 is 1.79 bits per heavy atom. The Balaban J connectivity index is 0.000000510. The number of nitrogens with zero attached hydrogens (tertiary/aromatic N) is 3. The van der Waals surface area contributed by atoms with Crippen LogP contribution in [0.15, 0.2) is 64.9 Å². The zero-order chi connectivity index (χ0) is 29.4. The molecule has 2 aromatic rings. The molecule has 39 heavy (non-hydrogen) atoms. The number of ether oxygens (including phenoxy) is 2. The number of anilines is 1. The highest BCUT2D eigenvalue weighted by molar-refractivity contribution is 6.00. The summed E-state index contributed by atoms with van der Waals surface area (Å²) in [5.74, 6) is -1.41. The van der Waals surface area contributed by atoms with E-state index in [1.165, 1.54) is 0 Å². The van der Waals surface area contributed by atoms with Crippen LogP contribution in [-0.4, -0.2) is 63.2 Å². The minimum atomic E-state index is -4.87. The number of guanidine groups is 1. The minimum absolute atomic E-state index is 0.160. The SMILES string of the molecule is CC1=C(NC(=O)c2ccc(F)cc2C(F)(F)F)N=C(N(C)C)N(c2ccccc2)C1.COCC(C)(C)OC=O. The molecule has 0 saturated heterocycles. The van der Waals surface area contributed by atoms with Crippen molar-refractivity contribution in [2.75, 3.05) is 39.3 Å². The predicted molar refractivity (Wildman–Crippen MR) is 140 cm³/mol. The first-order chi connectivity index (χ1) is 18.2. The number of amides is 1. The Hall–Kier alpha value is -3.93. The highest BCUT2D eigenvalue weighted by Gasteiger charge is 2.36. The first-order valence-corrected chi connectivity index (χ1v) is 11.8. The van der Waals surface area contributed by atoms with Gasteiger partial charge in [-0.25, -0.2) is 4.39 Å². The van der Waals surface area contributed by atoms with Gasteiger partial charge in [0, 0.05) is 26.9 Å². The molecule has 1 amide bonds. The largest absolute Gasteiger partial charge is 0.459 e. The van der Waals surface area contributed by atoms with Gasteiger partial charge in [-0.2, -0.15) is 18.2 Å². The molecule has 1 aliphatic heterocycles. The summed E-state index contributed by atoms with van der Waals surface area (Å²) in [6, 6.07) is 11.4. The fourth-order valence-corrected chi connectivity index (χ4v) is 3.57. The van der Waals surface area contributed by atoms with Crippen molar-refractivity contribution in [1.82, 2.24) is 10.2 Å². The molecular formula is C27H32F4N4O4. The van der Waals surface area contributed by atoms with Crippen LogP contribution in [0.1, 0.15) is 36.7 Å². The van der Waals surface area contributed by atoms with Crippen molar-refractivity contribution in [3.63, 3.8) is 0 Å². The number of carbonyl (C=O) groups excluding carboxylic acids is 2. The van der Waals surface area contributed by atoms with Gasteiger partial charge in [0.15, 0.2) is 0 Å². The van der Waals surface area contributed by atoms with E-state index in [1.54, 1.807) is 46.9 Å². The maximum atomic E-state index is 13.3. The van der Waals surface area contributed by atoms with E-state index in [1.807, 2.05) is 35.2 Å². The van der Waals surface area contributed by atoms with Crippen LogP contribution in [0.3, 0.4) is 0 Å². The summed E-state index contributed by atoms with van der Waals surface area (Å²) in [6.07, 6.45) is -4.87. The van der Waals surface area contributed by atoms with Gasteiger partial charge in [-0.3, -0.25) is 9.59 Å². The molecule has 0 aliphatic carbocycles. The second kappa shape index (κ2) is 13.2. The topological polar surface area (TPSA) is 83.5 Å². The number of nitrogens with one attached hydrogen (secondary N) is 1. The van der Waals surface area contributed by atoms with Gasteiger partial charge in [0.25, 0.3) is 12.4 Å². The number of para-hydroxylation sites is 1. The van der Waals surface area contributed by atoms with E-state index in [0.29, 0.717) is 37.2 Å². The van der Waals surface area contributed by atoms with Crippen molar-refractivity contribution >= 4 is 24.0 Å². The quantitative estimate of drug-likeness (QED) is 0.392. The fourth-order valence-electron chi connectivity index (χ4n) is 3.57. The molecule has 0 fully saturated rings. The minimum Gasteiger partial charge on any atom is -0.459 e. The molecule has 0 saturated carbocycles. The highest BCUT2D eigenvalue weighted by atomic mass is 19.4. The van der Waals surface area contributed by atoms with Crippen molar-refractivity contribution in [1.29, 1.82) is 0 Å². The van der Waals surface area contributed by atoms with Crippen LogP contribution in [0.25, 0.3) is 0 Å². The lowest BCUT2D eigenvalue weighted by molar-refractivity contribution is -0.144. The average Bonchev–Trinajstić information content (AvgIpc) is 2.85. The van der Waals surface area contributed by atoms with Gasteiger partial charge >= 0.3 is 6.18 Å². The maximum absolute atomic E-state index is 13.3. The first-order valence-electron chi connectivity index (χ1n) is 11.8. The second-order valence-electron chi connectivity index (χ2n) is 9.41. The summed E-state index contributed by atoms with van der Waals surface area (Å²) in [6.45, 7) is 6.53. The Kier molecular flexibility index (Phi) is 10.6. The van der Waals surface area contributed by atoms with Crippen LogP contribution in [0.5, 0.6) is 0 Å². The molecule has 0 radical (unpaired) electrons. The summed E-state index contributed by atoms with van der Waals surface area (Å²) in [5, 5.41) is 2.45. The second-order valence-corrected chi connectivity index (χ2v) is 9.41. The van der Waals surface area contributed by atoms with Gasteiger partial charge in [-0.15, -0.1) is 0 Å². The van der Waals surface area contributed by atoms with E-state index in [2.05, 4.69) is 15.0 Å². The van der Waals surface area contributed by atoms with Gasteiger partial charge < -0.3 is 24.6 Å². The van der Waals surface area contributed by atoms with Crippen molar-refractivity contribution in [2.45, 2.75) is 32.5 Å². The van der Waals surface area contributed by atoms with Crippen LogP contribution >= 0.6 is 0 Å². The third kappa shape index (κ3) is 8.81. The number of aliphatic imine (C=N–C) groups is 1. The monoisotopic (exact) mass is 552 g/mol. The first kappa shape index (κ1) is 31.3. The average molecular weight is 553 g/mol. The van der Waals surface area contributed by atoms with E-state index < -0.39 is 34.6 Å². The molecular weight excluding hydrogens is 520 g/mol. The van der Waals surface area contributed by atoms with E-state index in [0.717, 1.165) is 17.8 Å². The Morgan fingerprint density at radius 3 is 2.33 bits per heavy atom. The Morgan fingerprint density at radius 1 is 1.15 bits per heavy atom. The van der Waals surface area contributed by atoms with Gasteiger partial charge in [0.05, 0.1) is 24.3 Å². The van der Waals surface area contributed by atoms with Crippen molar-refractivity contribution in [2.24, 2.45) is 4.99 Å². The lowest BCUT2D eigenvalue weighted by atomic mass is 10.1. The Labute approximate surface area is 224 Å². The molecule has 0 spiro atoms. The zero-order valence-corrected chi connectivity index (χ0v) is 22.6. The fraction of sp³-hybridized carbons (Fsp3) is 0.370. The number of methoxy groups -OCH3 is 1. The van der Waals surface area contributed by atoms with E-state index in [9.17, 15) is 27.2 Å². The number of hydrogen-bond acceptors (Lipinski definition) is 7. The molecule has 212 valence electrons. The van der Waals surface area contributed by atoms with Gasteiger partial charge in [-0.05, 0) is 56.7 Å². The lowest BCUT2D eigenvalue weighted by Crippen LogP contribution is -2.45. The van der Waals surface area contributed by atoms with Crippen LogP contribution in [0.4, 0.5) is 23.2 Å². The molecule has 3 rings (SSSR count). The van der Waals surface area contributed by atoms with E-state index >= 15 is 0 Å². The molecule has 0 atom stereocenters. The van der Waals surface area contributed by atoms with Crippen LogP contribution < -0.4 is 10.2 Å². The summed E-state index contributed by atoms with van der Waals surface area (Å²) in [4.78, 5) is 30.5. The molecule has 8 nitrogen and oxygen atoms in total. The smallest absolute Gasteiger partial charge is 0.417 e. The number of carbonyl (C=O) groups is 2. The standard InChI is InChI=1S/C21H20F4N4O.C6H12O3/c1-13-12-29(15-7-5-4-6-8-15)20(28(2)3)27-18(13)26-19(30)16-10-9-14(22)11-17(16)21(23,24)25;1-6(2,4-8-3)9-5-7/h4-11H,12H2,1-3H3,(H,26,30);5H,4H2,1-3H3. The summed E-state index contributed by atoms with van der Waals surface area (Å²) < 4.78 is 62.5. The molecule has 0 unspecified atom stereocenters. The summed E-state index contributed by atoms with van der Waals surface area (Å²) in [5.41, 5.74) is -0.953. The zero-order valence-electron chi connectivity index (χ0n) is 22.6. The molecule has 1 N–H and O–H groups in total. The van der Waals surface area contributed by atoms with Gasteiger partial charge in [0.2, 0.25) is 5.96 Å². The third-order valence-electron chi connectivity index (χ3n) is 5.34. The number of halogens is 4. The van der Waals surface area contributed by atoms with Gasteiger partial charge in [0.1, 0.15) is 17.2 Å². The van der Waals surface area contributed by atoms with Crippen molar-refractivity contribution < 1.29 is 36.6 Å². The number of benzene rings is 2. The number of alkyl halides is 3. The van der Waals surface area contributed by atoms with Crippen LogP contribution in [0, 0.1) is 5.82 Å². The maximum Gasteiger partial charge on any atom is 0.417 e. The van der Waals surface area contributed by atoms with E-state index in [4.69, 9.17) is 4.74 Å². The summed E-state index contributed by atoms with van der Waals surface area (Å²) >= 11 is 0. The Bertz CT molecular complexity index is 1210. The molecule has 0 aromatic heterocycles. The third-order valence-corrected chi connectivity index (χ3v) is 5.34. The molecule has 1 heterocycles. The molecule has 12 heteroatoms. The van der Waals surface area contributed by atoms with Crippen LogP contribution in [0.2, 0.25) is 0 Å². The lowest BCUT2D eigenvalue weighted by Gasteiger charge is -2.34. The predicted octanol–water partition coefficient (Wildman–Crippen LogP) is 4.83. The molecule has 0 bridgehead atoms. The molecule has 2 aromatic carbocycles. The van der Waals surface area contributed by atoms with Gasteiger partial charge in [-0.1, -0.05) is 18.2 Å². The van der Waals surface area contributed by atoms with Crippen molar-refractivity contribution in [3.05, 3.63) is 76.9 Å².